The van der Waals surface area contributed by atoms with Gasteiger partial charge in [0.15, 0.2) is 11.4 Å². The normalized spacial score (nSPS) is 9.12. The summed E-state index contributed by atoms with van der Waals surface area (Å²) in [5.74, 6) is -5.51. The first-order valence-corrected chi connectivity index (χ1v) is 6.05. The Morgan fingerprint density at radius 2 is 1.12 bits per heavy atom. The molecule has 2 N–H and O–H groups in total. The van der Waals surface area contributed by atoms with Crippen LogP contribution in [0.3, 0.4) is 0 Å². The number of aromatic nitrogens is 2. The van der Waals surface area contributed by atoms with Crippen molar-refractivity contribution in [2.75, 3.05) is 0 Å². The molecule has 25 heavy (non-hydrogen) atoms. The fourth-order valence-corrected chi connectivity index (χ4v) is 1.66. The van der Waals surface area contributed by atoms with Crippen molar-refractivity contribution in [3.05, 3.63) is 59.2 Å². The molecule has 0 saturated carbocycles. The molecule has 11 heteroatoms. The van der Waals surface area contributed by atoms with Crippen LogP contribution in [0.1, 0.15) is 41.7 Å². The Labute approximate surface area is 161 Å². The average molecular weight is 443 g/mol. The van der Waals surface area contributed by atoms with Crippen LogP contribution in [-0.2, 0) is 38.9 Å². The van der Waals surface area contributed by atoms with Crippen LogP contribution >= 0.6 is 0 Å². The Kier molecular flexibility index (Phi) is 8.65. The molecule has 9 nitrogen and oxygen atoms in total. The van der Waals surface area contributed by atoms with Gasteiger partial charge in [0.25, 0.3) is 0 Å². The van der Waals surface area contributed by atoms with Gasteiger partial charge in [-0.3, -0.25) is 0 Å². The maximum absolute atomic E-state index is 11.9. The first-order valence-electron chi connectivity index (χ1n) is 6.05. The molecule has 2 aromatic heterocycles. The summed E-state index contributed by atoms with van der Waals surface area (Å²) in [5, 5.41) is 17.9. The number of carbonyl (C=O) groups is 4. The van der Waals surface area contributed by atoms with E-state index < -0.39 is 46.4 Å². The average Bonchev–Trinajstić information content (AvgIpc) is 2.54. The number of carboxylic acid groups (broad SMARTS) is 2. The number of carbonyl (C=O) groups excluding carboxylic acids is 2. The Morgan fingerprint density at radius 3 is 1.44 bits per heavy atom. The van der Waals surface area contributed by atoms with Gasteiger partial charge in [0, 0.05) is 46.5 Å². The smallest absolute Gasteiger partial charge is 0.365 e. The van der Waals surface area contributed by atoms with E-state index in [1.165, 1.54) is 12.1 Å². The number of aromatic carboxylic acids is 2. The fourth-order valence-electron chi connectivity index (χ4n) is 1.66. The van der Waals surface area contributed by atoms with Gasteiger partial charge in [0.05, 0.1) is 11.1 Å². The van der Waals surface area contributed by atoms with Crippen molar-refractivity contribution in [2.45, 2.75) is 0 Å². The van der Waals surface area contributed by atoms with Crippen molar-refractivity contribution < 1.29 is 68.3 Å². The second-order valence-corrected chi connectivity index (χ2v) is 4.09. The van der Waals surface area contributed by atoms with Crippen molar-refractivity contribution in [3.8, 4) is 0 Å². The van der Waals surface area contributed by atoms with Crippen LogP contribution in [0.25, 0.3) is 0 Å². The number of nitrogens with zero attached hydrogens (tertiary/aromatic N) is 2. The molecule has 0 aliphatic heterocycles. The molecule has 0 bridgehead atoms. The van der Waals surface area contributed by atoms with E-state index in [9.17, 15) is 19.2 Å². The van der Waals surface area contributed by atoms with Gasteiger partial charge in [-0.05, 0) is 24.3 Å². The van der Waals surface area contributed by atoms with Gasteiger partial charge in [0.2, 0.25) is 0 Å². The van der Waals surface area contributed by atoms with Crippen LogP contribution < -0.4 is 0 Å². The van der Waals surface area contributed by atoms with Gasteiger partial charge >= 0.3 is 23.9 Å². The maximum Gasteiger partial charge on any atom is 0.365 e. The van der Waals surface area contributed by atoms with E-state index in [1.807, 2.05) is 0 Å². The Bertz CT molecular complexity index is 759. The summed E-state index contributed by atoms with van der Waals surface area (Å²) < 4.78 is 4.47. The molecule has 2 radical (unpaired) electrons. The molecular weight excluding hydrogens is 435 g/mol. The second-order valence-electron chi connectivity index (χ2n) is 4.09. The molecule has 2 heterocycles. The minimum Gasteiger partial charge on any atom is -0.478 e. The monoisotopic (exact) mass is 442 g/mol. The first kappa shape index (κ1) is 22.4. The maximum atomic E-state index is 11.9. The van der Waals surface area contributed by atoms with Gasteiger partial charge in [-0.2, -0.15) is 0 Å². The minimum absolute atomic E-state index is 0. The summed E-state index contributed by atoms with van der Waals surface area (Å²) in [4.78, 5) is 52.9. The number of hydrogen-bond acceptors (Lipinski definition) is 7. The Hall–Kier alpha value is -2.58. The van der Waals surface area contributed by atoms with Crippen LogP contribution in [0.15, 0.2) is 36.7 Å². The van der Waals surface area contributed by atoms with Gasteiger partial charge in [-0.25, -0.2) is 29.1 Å². The summed E-state index contributed by atoms with van der Waals surface area (Å²) in [6, 6.07) is 4.81. The van der Waals surface area contributed by atoms with E-state index in [0.29, 0.717) is 0 Å². The molecular formula is C14H8Cu2N2O7. The van der Waals surface area contributed by atoms with E-state index in [0.717, 1.165) is 24.5 Å². The van der Waals surface area contributed by atoms with E-state index in [-0.39, 0.29) is 34.1 Å². The molecule has 0 aromatic carbocycles. The summed E-state index contributed by atoms with van der Waals surface area (Å²) in [6.07, 6.45) is 2.30. The topological polar surface area (TPSA) is 144 Å². The van der Waals surface area contributed by atoms with Gasteiger partial charge in [0.1, 0.15) is 0 Å². The molecule has 0 unspecified atom stereocenters. The van der Waals surface area contributed by atoms with E-state index in [4.69, 9.17) is 10.2 Å². The minimum atomic E-state index is -1.43. The van der Waals surface area contributed by atoms with Crippen molar-refractivity contribution >= 4 is 23.9 Å². The van der Waals surface area contributed by atoms with E-state index in [2.05, 4.69) is 14.7 Å². The summed E-state index contributed by atoms with van der Waals surface area (Å²) in [6.45, 7) is 0. The van der Waals surface area contributed by atoms with Crippen molar-refractivity contribution in [1.29, 1.82) is 0 Å². The molecule has 0 atom stereocenters. The standard InChI is InChI=1S/C14H8N2O7.2Cu/c17-11(18)7-3-1-5-15-9(7)13(21)23-14(22)10-8(12(19)20)4-2-6-16-10;;/h1-6H,(H,17,18)(H,19,20);;. The van der Waals surface area contributed by atoms with Gasteiger partial charge in [-0.15, -0.1) is 0 Å². The third-order valence-electron chi connectivity index (χ3n) is 2.65. The van der Waals surface area contributed by atoms with Crippen LogP contribution in [-0.4, -0.2) is 44.1 Å². The first-order chi connectivity index (χ1) is 10.9. The predicted octanol–water partition coefficient (Wildman–Crippen LogP) is 0.865. The molecule has 0 spiro atoms. The largest absolute Gasteiger partial charge is 0.478 e. The fraction of sp³-hybridized carbons (Fsp3) is 0. The number of carboxylic acids is 2. The van der Waals surface area contributed by atoms with Crippen LogP contribution in [0.4, 0.5) is 0 Å². The van der Waals surface area contributed by atoms with Gasteiger partial charge in [-0.1, -0.05) is 0 Å². The third-order valence-corrected chi connectivity index (χ3v) is 2.65. The molecule has 0 fully saturated rings. The third kappa shape index (κ3) is 5.20. The molecule has 0 aliphatic carbocycles. The Morgan fingerprint density at radius 1 is 0.760 bits per heavy atom. The molecule has 138 valence electrons. The zero-order valence-corrected chi connectivity index (χ0v) is 13.8. The van der Waals surface area contributed by atoms with Crippen LogP contribution in [0.2, 0.25) is 0 Å². The summed E-state index contributed by atoms with van der Waals surface area (Å²) in [5.41, 5.74) is -2.07. The van der Waals surface area contributed by atoms with E-state index >= 15 is 0 Å². The molecule has 0 aliphatic rings. The van der Waals surface area contributed by atoms with Crippen molar-refractivity contribution in [2.24, 2.45) is 0 Å². The zero-order valence-electron chi connectivity index (χ0n) is 11.9. The number of pyridine rings is 2. The van der Waals surface area contributed by atoms with Crippen molar-refractivity contribution in [1.82, 2.24) is 9.97 Å². The SMILES string of the molecule is O=C(O)c1cccnc1C(=O)OC(=O)c1ncccc1C(=O)O.[Cu].[Cu]. The zero-order chi connectivity index (χ0) is 17.0. The summed E-state index contributed by atoms with van der Waals surface area (Å²) >= 11 is 0. The van der Waals surface area contributed by atoms with Crippen LogP contribution in [0, 0.1) is 0 Å². The molecule has 0 saturated heterocycles. The summed E-state index contributed by atoms with van der Waals surface area (Å²) in [7, 11) is 0. The van der Waals surface area contributed by atoms with E-state index in [1.54, 1.807) is 0 Å². The molecule has 0 amide bonds. The molecule has 2 aromatic rings. The number of esters is 2. The van der Waals surface area contributed by atoms with Crippen LogP contribution in [0.5, 0.6) is 0 Å². The van der Waals surface area contributed by atoms with Crippen molar-refractivity contribution in [3.63, 3.8) is 0 Å². The second kappa shape index (κ2) is 9.65. The van der Waals surface area contributed by atoms with Gasteiger partial charge < -0.3 is 14.9 Å². The quantitative estimate of drug-likeness (QED) is 0.399. The predicted molar refractivity (Wildman–Crippen MR) is 72.1 cm³/mol. The number of rotatable bonds is 4. The molecule has 2 rings (SSSR count). The number of ether oxygens (including phenoxy) is 1. The number of hydrogen-bond donors (Lipinski definition) is 2. The Balaban J connectivity index is 0.00000288.